The van der Waals surface area contributed by atoms with Crippen LogP contribution in [0.5, 0.6) is 0 Å². The van der Waals surface area contributed by atoms with E-state index >= 15 is 0 Å². The second-order valence-corrected chi connectivity index (χ2v) is 9.35. The number of amides is 2. The Morgan fingerprint density at radius 3 is 2.58 bits per heavy atom. The SMILES string of the molecule is O=C(CC(NC(=O)c1ccccc1Cl)c1ccccc1)Nc1cccc(-c2cn3c(n2)CCCC3)c1. The van der Waals surface area contributed by atoms with Gasteiger partial charge in [0.2, 0.25) is 5.91 Å². The van der Waals surface area contributed by atoms with Crippen molar-refractivity contribution in [2.45, 2.75) is 38.3 Å². The third-order valence-electron chi connectivity index (χ3n) is 6.37. The fourth-order valence-corrected chi connectivity index (χ4v) is 4.75. The molecule has 2 heterocycles. The number of aryl methyl sites for hydroxylation is 2. The van der Waals surface area contributed by atoms with Gasteiger partial charge in [-0.1, -0.05) is 66.2 Å². The van der Waals surface area contributed by atoms with E-state index in [9.17, 15) is 9.59 Å². The molecule has 0 saturated carbocycles. The number of benzene rings is 3. The summed E-state index contributed by atoms with van der Waals surface area (Å²) in [6.07, 6.45) is 5.50. The fourth-order valence-electron chi connectivity index (χ4n) is 4.52. The lowest BCUT2D eigenvalue weighted by molar-refractivity contribution is -0.116. The number of rotatable bonds is 7. The highest BCUT2D eigenvalue weighted by molar-refractivity contribution is 6.33. The van der Waals surface area contributed by atoms with Gasteiger partial charge in [-0.15, -0.1) is 0 Å². The highest BCUT2D eigenvalue weighted by Gasteiger charge is 2.21. The number of nitrogens with one attached hydrogen (secondary N) is 2. The molecular formula is C29H27ClN4O2. The van der Waals surface area contributed by atoms with E-state index in [1.807, 2.05) is 54.6 Å². The molecule has 4 aromatic rings. The van der Waals surface area contributed by atoms with Crippen LogP contribution in [0.15, 0.2) is 85.1 Å². The van der Waals surface area contributed by atoms with Crippen LogP contribution in [0, 0.1) is 0 Å². The van der Waals surface area contributed by atoms with E-state index in [-0.39, 0.29) is 18.2 Å². The van der Waals surface area contributed by atoms with Crippen molar-refractivity contribution in [2.75, 3.05) is 5.32 Å². The minimum absolute atomic E-state index is 0.0726. The Labute approximate surface area is 215 Å². The molecular weight excluding hydrogens is 472 g/mol. The molecule has 1 aliphatic rings. The first kappa shape index (κ1) is 23.8. The highest BCUT2D eigenvalue weighted by atomic mass is 35.5. The lowest BCUT2D eigenvalue weighted by Crippen LogP contribution is -2.31. The maximum Gasteiger partial charge on any atom is 0.253 e. The molecule has 1 unspecified atom stereocenters. The van der Waals surface area contributed by atoms with Gasteiger partial charge >= 0.3 is 0 Å². The van der Waals surface area contributed by atoms with Crippen molar-refractivity contribution in [3.05, 3.63) is 107 Å². The molecule has 2 N–H and O–H groups in total. The van der Waals surface area contributed by atoms with Crippen LogP contribution in [0.25, 0.3) is 11.3 Å². The summed E-state index contributed by atoms with van der Waals surface area (Å²) in [5.74, 6) is 0.586. The summed E-state index contributed by atoms with van der Waals surface area (Å²) in [5, 5.41) is 6.33. The molecule has 7 heteroatoms. The number of halogens is 1. The number of nitrogens with zero attached hydrogens (tertiary/aromatic N) is 2. The molecule has 2 amide bonds. The minimum Gasteiger partial charge on any atom is -0.345 e. The Morgan fingerprint density at radius 1 is 0.972 bits per heavy atom. The number of carbonyl (C=O) groups is 2. The predicted octanol–water partition coefficient (Wildman–Crippen LogP) is 6.04. The number of hydrogen-bond acceptors (Lipinski definition) is 3. The maximum atomic E-state index is 13.1. The first-order chi connectivity index (χ1) is 17.6. The van der Waals surface area contributed by atoms with Crippen molar-refractivity contribution < 1.29 is 9.59 Å². The van der Waals surface area contributed by atoms with Gasteiger partial charge in [0.05, 0.1) is 28.7 Å². The van der Waals surface area contributed by atoms with Crippen molar-refractivity contribution in [3.63, 3.8) is 0 Å². The van der Waals surface area contributed by atoms with Crippen LogP contribution in [0.4, 0.5) is 5.69 Å². The Balaban J connectivity index is 1.31. The molecule has 6 nitrogen and oxygen atoms in total. The molecule has 1 atom stereocenters. The summed E-state index contributed by atoms with van der Waals surface area (Å²) < 4.78 is 2.22. The second-order valence-electron chi connectivity index (χ2n) is 8.94. The summed E-state index contributed by atoms with van der Waals surface area (Å²) >= 11 is 6.21. The van der Waals surface area contributed by atoms with Gasteiger partial charge < -0.3 is 15.2 Å². The van der Waals surface area contributed by atoms with Gasteiger partial charge in [0.1, 0.15) is 5.82 Å². The van der Waals surface area contributed by atoms with Gasteiger partial charge in [0.25, 0.3) is 5.91 Å². The fraction of sp³-hybridized carbons (Fsp3) is 0.207. The van der Waals surface area contributed by atoms with Crippen molar-refractivity contribution in [1.29, 1.82) is 0 Å². The summed E-state index contributed by atoms with van der Waals surface area (Å²) in [5.41, 5.74) is 3.77. The molecule has 0 aliphatic carbocycles. The van der Waals surface area contributed by atoms with Crippen LogP contribution < -0.4 is 10.6 Å². The van der Waals surface area contributed by atoms with E-state index in [1.54, 1.807) is 24.3 Å². The first-order valence-electron chi connectivity index (χ1n) is 12.1. The zero-order valence-electron chi connectivity index (χ0n) is 19.8. The van der Waals surface area contributed by atoms with Crippen LogP contribution in [-0.2, 0) is 17.8 Å². The standard InChI is InChI=1S/C29H27ClN4O2/c30-24-14-5-4-13-23(24)29(36)33-25(20-9-2-1-3-10-20)18-28(35)31-22-12-8-11-21(17-22)26-19-34-16-7-6-15-27(34)32-26/h1-5,8-14,17,19,25H,6-7,15-16,18H2,(H,31,35)(H,33,36). The number of fused-ring (bicyclic) bond motifs is 1. The Kier molecular flexibility index (Phi) is 7.14. The average molecular weight is 499 g/mol. The van der Waals surface area contributed by atoms with E-state index in [4.69, 9.17) is 16.6 Å². The van der Waals surface area contributed by atoms with Gasteiger partial charge in [-0.25, -0.2) is 4.98 Å². The summed E-state index contributed by atoms with van der Waals surface area (Å²) in [6, 6.07) is 23.5. The lowest BCUT2D eigenvalue weighted by atomic mass is 10.0. The number of imidazole rings is 1. The first-order valence-corrected chi connectivity index (χ1v) is 12.5. The van der Waals surface area contributed by atoms with Crippen LogP contribution in [0.3, 0.4) is 0 Å². The zero-order chi connectivity index (χ0) is 24.9. The van der Waals surface area contributed by atoms with Crippen LogP contribution in [-0.4, -0.2) is 21.4 Å². The monoisotopic (exact) mass is 498 g/mol. The third-order valence-corrected chi connectivity index (χ3v) is 6.70. The average Bonchev–Trinajstić information content (AvgIpc) is 3.34. The highest BCUT2D eigenvalue weighted by Crippen LogP contribution is 2.26. The molecule has 5 rings (SSSR count). The van der Waals surface area contributed by atoms with E-state index in [2.05, 4.69) is 21.4 Å². The summed E-state index contributed by atoms with van der Waals surface area (Å²) in [6.45, 7) is 1.000. The van der Waals surface area contributed by atoms with Crippen LogP contribution in [0.1, 0.15) is 47.1 Å². The second kappa shape index (κ2) is 10.8. The molecule has 0 radical (unpaired) electrons. The molecule has 3 aromatic carbocycles. The molecule has 0 spiro atoms. The molecule has 0 saturated heterocycles. The largest absolute Gasteiger partial charge is 0.345 e. The predicted molar refractivity (Wildman–Crippen MR) is 142 cm³/mol. The van der Waals surface area contributed by atoms with E-state index in [0.29, 0.717) is 16.3 Å². The van der Waals surface area contributed by atoms with Crippen molar-refractivity contribution in [3.8, 4) is 11.3 Å². The van der Waals surface area contributed by atoms with Gasteiger partial charge in [0.15, 0.2) is 0 Å². The van der Waals surface area contributed by atoms with Crippen molar-refractivity contribution >= 4 is 29.1 Å². The van der Waals surface area contributed by atoms with Crippen molar-refractivity contribution in [2.24, 2.45) is 0 Å². The van der Waals surface area contributed by atoms with Gasteiger partial charge in [-0.3, -0.25) is 9.59 Å². The van der Waals surface area contributed by atoms with E-state index < -0.39 is 6.04 Å². The molecule has 1 aromatic heterocycles. The topological polar surface area (TPSA) is 76.0 Å². The maximum absolute atomic E-state index is 13.1. The van der Waals surface area contributed by atoms with Crippen LogP contribution >= 0.6 is 11.6 Å². The lowest BCUT2D eigenvalue weighted by Gasteiger charge is -2.19. The number of anilines is 1. The number of carbonyl (C=O) groups excluding carboxylic acids is 2. The van der Waals surface area contributed by atoms with E-state index in [1.165, 1.54) is 12.8 Å². The van der Waals surface area contributed by atoms with Gasteiger partial charge in [-0.2, -0.15) is 0 Å². The molecule has 0 bridgehead atoms. The van der Waals surface area contributed by atoms with Crippen LogP contribution in [0.2, 0.25) is 5.02 Å². The Bertz CT molecular complexity index is 1360. The molecule has 36 heavy (non-hydrogen) atoms. The minimum atomic E-state index is -0.516. The number of hydrogen-bond donors (Lipinski definition) is 2. The Hall–Kier alpha value is -3.90. The van der Waals surface area contributed by atoms with Gasteiger partial charge in [-0.05, 0) is 42.7 Å². The summed E-state index contributed by atoms with van der Waals surface area (Å²) in [4.78, 5) is 30.8. The van der Waals surface area contributed by atoms with Gasteiger partial charge in [0, 0.05) is 30.4 Å². The molecule has 1 aliphatic heterocycles. The smallest absolute Gasteiger partial charge is 0.253 e. The summed E-state index contributed by atoms with van der Waals surface area (Å²) in [7, 11) is 0. The number of aromatic nitrogens is 2. The quantitative estimate of drug-likeness (QED) is 0.326. The molecule has 0 fully saturated rings. The molecule has 182 valence electrons. The normalized spacial score (nSPS) is 13.5. The van der Waals surface area contributed by atoms with Crippen molar-refractivity contribution in [1.82, 2.24) is 14.9 Å². The third kappa shape index (κ3) is 5.50. The van der Waals surface area contributed by atoms with E-state index in [0.717, 1.165) is 35.6 Å². The zero-order valence-corrected chi connectivity index (χ0v) is 20.5. The Morgan fingerprint density at radius 2 is 1.78 bits per heavy atom.